The van der Waals surface area contributed by atoms with E-state index in [0.29, 0.717) is 17.2 Å². The van der Waals surface area contributed by atoms with Gasteiger partial charge in [0.05, 0.1) is 0 Å². The Hall–Kier alpha value is -3.11. The molecule has 0 aromatic heterocycles. The molecule has 1 aliphatic carbocycles. The second-order valence-electron chi connectivity index (χ2n) is 12.0. The lowest BCUT2D eigenvalue weighted by Crippen LogP contribution is -2.72. The Morgan fingerprint density at radius 1 is 1.02 bits per heavy atom. The van der Waals surface area contributed by atoms with Crippen LogP contribution in [0.1, 0.15) is 62.4 Å². The number of amides is 1. The maximum atomic E-state index is 13.1. The van der Waals surface area contributed by atoms with Crippen LogP contribution in [-0.2, 0) is 24.0 Å². The Morgan fingerprint density at radius 2 is 1.78 bits per heavy atom. The minimum atomic E-state index is -0.870. The lowest BCUT2D eigenvalue weighted by Gasteiger charge is -2.60. The minimum absolute atomic E-state index is 0.0106. The maximum Gasteiger partial charge on any atom is 0.259 e. The second-order valence-corrected chi connectivity index (χ2v) is 12.0. The van der Waals surface area contributed by atoms with Gasteiger partial charge in [0.15, 0.2) is 24.3 Å². The summed E-state index contributed by atoms with van der Waals surface area (Å²) in [4.78, 5) is 37.2. The molecule has 2 bridgehead atoms. The molecule has 4 saturated heterocycles. The van der Waals surface area contributed by atoms with Gasteiger partial charge in [-0.3, -0.25) is 9.59 Å². The lowest BCUT2D eigenvalue weighted by atomic mass is 9.58. The largest absolute Gasteiger partial charge is 0.484 e. The minimum Gasteiger partial charge on any atom is -0.484 e. The average molecular weight is 566 g/mol. The number of halogens is 1. The van der Waals surface area contributed by atoms with Gasteiger partial charge in [0.2, 0.25) is 5.79 Å². The van der Waals surface area contributed by atoms with Crippen molar-refractivity contribution in [3.8, 4) is 5.75 Å². The number of hydrogen-bond donors (Lipinski definition) is 1. The molecule has 41 heavy (non-hydrogen) atoms. The summed E-state index contributed by atoms with van der Waals surface area (Å²) in [5.41, 5.74) is 0.518. The number of nitrogens with one attached hydrogen (secondary N) is 1. The standard InChI is InChI=1S/C32H36FNO7/c1-19-4-14-26-20(2)29(38-30-32(26)25(19)16-17-31(3,39-30)40-41-32)34-28(36)18-37-24-12-5-21(6-13-24)7-15-27(35)22-8-10-23(33)11-9-22/h5-13,15,19-20,25-26,29-30H,4,14,16-18H2,1-3H3,(H,34,36)/b15-7+/t19-,20-,25+,26+,29+,30-,31-,32-/m1/s1. The maximum absolute atomic E-state index is 13.1. The van der Waals surface area contributed by atoms with E-state index in [1.54, 1.807) is 30.3 Å². The van der Waals surface area contributed by atoms with Crippen LogP contribution in [0, 0.1) is 29.5 Å². The van der Waals surface area contributed by atoms with Crippen LogP contribution in [0.5, 0.6) is 5.75 Å². The first kappa shape index (κ1) is 28.0. The number of hydrogen-bond acceptors (Lipinski definition) is 7. The average Bonchev–Trinajstić information content (AvgIpc) is 3.20. The van der Waals surface area contributed by atoms with Crippen molar-refractivity contribution >= 4 is 17.8 Å². The summed E-state index contributed by atoms with van der Waals surface area (Å²) in [7, 11) is 0. The summed E-state index contributed by atoms with van der Waals surface area (Å²) in [6.45, 7) is 6.06. The van der Waals surface area contributed by atoms with Gasteiger partial charge in [0, 0.05) is 23.8 Å². The van der Waals surface area contributed by atoms with Crippen LogP contribution >= 0.6 is 0 Å². The Kier molecular flexibility index (Phi) is 7.48. The van der Waals surface area contributed by atoms with E-state index in [4.69, 9.17) is 24.0 Å². The molecule has 2 aromatic carbocycles. The van der Waals surface area contributed by atoms with Crippen molar-refractivity contribution in [3.63, 3.8) is 0 Å². The highest BCUT2D eigenvalue weighted by Crippen LogP contribution is 2.60. The van der Waals surface area contributed by atoms with Crippen LogP contribution < -0.4 is 10.1 Å². The van der Waals surface area contributed by atoms with Crippen molar-refractivity contribution < 1.29 is 38.0 Å². The number of ether oxygens (including phenoxy) is 3. The Balaban J connectivity index is 1.05. The zero-order chi connectivity index (χ0) is 28.8. The van der Waals surface area contributed by atoms with Crippen LogP contribution in [0.15, 0.2) is 54.6 Å². The molecule has 1 N–H and O–H groups in total. The van der Waals surface area contributed by atoms with Gasteiger partial charge in [-0.05, 0) is 86.1 Å². The summed E-state index contributed by atoms with van der Waals surface area (Å²) in [6, 6.07) is 12.4. The number of benzene rings is 2. The van der Waals surface area contributed by atoms with E-state index in [1.807, 2.05) is 6.92 Å². The third-order valence-corrected chi connectivity index (χ3v) is 9.27. The first-order valence-corrected chi connectivity index (χ1v) is 14.4. The Morgan fingerprint density at radius 3 is 2.54 bits per heavy atom. The van der Waals surface area contributed by atoms with Crippen molar-refractivity contribution in [2.24, 2.45) is 23.7 Å². The monoisotopic (exact) mass is 565 g/mol. The van der Waals surface area contributed by atoms with Crippen LogP contribution in [0.4, 0.5) is 4.39 Å². The van der Waals surface area contributed by atoms with E-state index in [0.717, 1.165) is 31.2 Å². The molecule has 218 valence electrons. The fourth-order valence-electron chi connectivity index (χ4n) is 6.98. The van der Waals surface area contributed by atoms with E-state index >= 15 is 0 Å². The number of ketones is 1. The summed E-state index contributed by atoms with van der Waals surface area (Å²) in [5, 5.41) is 3.00. The van der Waals surface area contributed by atoms with E-state index in [9.17, 15) is 14.0 Å². The van der Waals surface area contributed by atoms with Gasteiger partial charge in [0.1, 0.15) is 17.8 Å². The molecule has 1 saturated carbocycles. The highest BCUT2D eigenvalue weighted by Gasteiger charge is 2.69. The normalized spacial score (nSPS) is 35.9. The smallest absolute Gasteiger partial charge is 0.259 e. The number of fused-ring (bicyclic) bond motifs is 2. The topological polar surface area (TPSA) is 92.3 Å². The van der Waals surface area contributed by atoms with Crippen molar-refractivity contribution in [3.05, 3.63) is 71.6 Å². The van der Waals surface area contributed by atoms with E-state index in [2.05, 4.69) is 19.2 Å². The van der Waals surface area contributed by atoms with Crippen molar-refractivity contribution in [2.45, 2.75) is 70.4 Å². The zero-order valence-corrected chi connectivity index (χ0v) is 23.5. The number of allylic oxidation sites excluding steroid dienone is 1. The van der Waals surface area contributed by atoms with Gasteiger partial charge in [-0.25, -0.2) is 14.2 Å². The molecule has 0 unspecified atom stereocenters. The van der Waals surface area contributed by atoms with E-state index < -0.39 is 23.9 Å². The molecular formula is C32H36FNO7. The molecule has 4 aliphatic heterocycles. The molecular weight excluding hydrogens is 529 g/mol. The molecule has 7 rings (SSSR count). The molecule has 5 aliphatic rings. The third-order valence-electron chi connectivity index (χ3n) is 9.27. The highest BCUT2D eigenvalue weighted by molar-refractivity contribution is 6.06. The Bertz CT molecular complexity index is 1310. The van der Waals surface area contributed by atoms with Crippen molar-refractivity contribution in [2.75, 3.05) is 6.61 Å². The first-order valence-electron chi connectivity index (χ1n) is 14.4. The summed E-state index contributed by atoms with van der Waals surface area (Å²) in [6.07, 6.45) is 5.65. The molecule has 1 spiro atoms. The predicted octanol–water partition coefficient (Wildman–Crippen LogP) is 5.42. The van der Waals surface area contributed by atoms with Crippen molar-refractivity contribution in [1.29, 1.82) is 0 Å². The van der Waals surface area contributed by atoms with Crippen LogP contribution in [-0.4, -0.2) is 42.2 Å². The SMILES string of the molecule is C[C@H]1[C@@H](NC(=O)COc2ccc(/C=C/C(=O)c3ccc(F)cc3)cc2)O[C@@H]2O[C@@]3(C)CC[C@H]4[C@H](C)CC[C@@H]1[C@@]24OO3. The fraction of sp³-hybridized carbons (Fsp3) is 0.500. The van der Waals surface area contributed by atoms with Crippen LogP contribution in [0.2, 0.25) is 0 Å². The molecule has 9 heteroatoms. The van der Waals surface area contributed by atoms with Gasteiger partial charge in [0.25, 0.3) is 5.91 Å². The third kappa shape index (κ3) is 5.32. The van der Waals surface area contributed by atoms with Gasteiger partial charge < -0.3 is 19.5 Å². The summed E-state index contributed by atoms with van der Waals surface area (Å²) in [5.74, 6) is -0.423. The van der Waals surface area contributed by atoms with E-state index in [-0.39, 0.29) is 41.9 Å². The molecule has 8 atom stereocenters. The highest BCUT2D eigenvalue weighted by atomic mass is 19.1. The molecule has 0 radical (unpaired) electrons. The number of rotatable bonds is 7. The van der Waals surface area contributed by atoms with Gasteiger partial charge in [-0.15, -0.1) is 0 Å². The van der Waals surface area contributed by atoms with Crippen LogP contribution in [0.3, 0.4) is 0 Å². The molecule has 2 aromatic rings. The second kappa shape index (κ2) is 10.9. The molecule has 1 amide bonds. The number of carbonyl (C=O) groups is 2. The van der Waals surface area contributed by atoms with Gasteiger partial charge >= 0.3 is 0 Å². The Labute approximate surface area is 239 Å². The first-order chi connectivity index (χ1) is 19.7. The lowest BCUT2D eigenvalue weighted by molar-refractivity contribution is -0.571. The number of carbonyl (C=O) groups excluding carboxylic acids is 2. The summed E-state index contributed by atoms with van der Waals surface area (Å²) < 4.78 is 31.6. The zero-order valence-electron chi connectivity index (χ0n) is 23.5. The molecule has 8 nitrogen and oxygen atoms in total. The molecule has 4 heterocycles. The van der Waals surface area contributed by atoms with Gasteiger partial charge in [-0.1, -0.05) is 32.1 Å². The van der Waals surface area contributed by atoms with Gasteiger partial charge in [-0.2, -0.15) is 0 Å². The van der Waals surface area contributed by atoms with Crippen molar-refractivity contribution in [1.82, 2.24) is 5.32 Å². The summed E-state index contributed by atoms with van der Waals surface area (Å²) >= 11 is 0. The fourth-order valence-corrected chi connectivity index (χ4v) is 6.98. The quantitative estimate of drug-likeness (QED) is 0.272. The van der Waals surface area contributed by atoms with Crippen LogP contribution in [0.25, 0.3) is 6.08 Å². The van der Waals surface area contributed by atoms with E-state index in [1.165, 1.54) is 30.3 Å². The molecule has 5 fully saturated rings. The predicted molar refractivity (Wildman–Crippen MR) is 147 cm³/mol.